The Bertz CT molecular complexity index is 362. The molecule has 2 unspecified atom stereocenters. The van der Waals surface area contributed by atoms with Gasteiger partial charge in [0, 0.05) is 18.1 Å². The van der Waals surface area contributed by atoms with Gasteiger partial charge >= 0.3 is 0 Å². The van der Waals surface area contributed by atoms with Crippen LogP contribution < -0.4 is 0 Å². The van der Waals surface area contributed by atoms with Gasteiger partial charge in [0.05, 0.1) is 12.7 Å². The molecule has 0 aromatic heterocycles. The summed E-state index contributed by atoms with van der Waals surface area (Å²) in [5.41, 5.74) is 0.0236. The Balaban J connectivity index is 2.18. The second-order valence-electron chi connectivity index (χ2n) is 4.09. The lowest BCUT2D eigenvalue weighted by atomic mass is 9.91. The first-order valence-electron chi connectivity index (χ1n) is 5.39. The monoisotopic (exact) mass is 228 g/mol. The molecule has 0 spiro atoms. The Morgan fingerprint density at radius 3 is 2.88 bits per heavy atom. The lowest BCUT2D eigenvalue weighted by Gasteiger charge is -2.27. The summed E-state index contributed by atoms with van der Waals surface area (Å²) in [6.45, 7) is 1.08. The minimum atomic E-state index is -0.990. The summed E-state index contributed by atoms with van der Waals surface area (Å²) in [5, 5.41) is 9.96. The van der Waals surface area contributed by atoms with Gasteiger partial charge in [-0.05, 0) is 31.0 Å². The molecule has 2 nitrogen and oxygen atoms in total. The molecular formula is C12H14F2O2. The highest BCUT2D eigenvalue weighted by Crippen LogP contribution is 2.30. The number of aliphatic hydroxyl groups is 1. The molecule has 1 aromatic rings. The fraction of sp³-hybridized carbons (Fsp3) is 0.500. The number of halogens is 2. The van der Waals surface area contributed by atoms with Gasteiger partial charge in [-0.25, -0.2) is 8.78 Å². The molecule has 0 bridgehead atoms. The van der Waals surface area contributed by atoms with Crippen LogP contribution in [0.4, 0.5) is 8.78 Å². The molecule has 1 aromatic carbocycles. The highest BCUT2D eigenvalue weighted by Gasteiger charge is 2.26. The summed E-state index contributed by atoms with van der Waals surface area (Å²) < 4.78 is 31.6. The molecule has 2 rings (SSSR count). The second kappa shape index (κ2) is 4.89. The van der Waals surface area contributed by atoms with Crippen molar-refractivity contribution in [2.75, 3.05) is 13.2 Å². The first kappa shape index (κ1) is 11.5. The van der Waals surface area contributed by atoms with Crippen molar-refractivity contribution in [3.8, 4) is 0 Å². The maximum atomic E-state index is 13.4. The number of aliphatic hydroxyl groups excluding tert-OH is 1. The number of rotatable bonds is 2. The fourth-order valence-electron chi connectivity index (χ4n) is 2.01. The van der Waals surface area contributed by atoms with Gasteiger partial charge in [0.15, 0.2) is 0 Å². The summed E-state index contributed by atoms with van der Waals surface area (Å²) in [4.78, 5) is 0. The van der Waals surface area contributed by atoms with Crippen molar-refractivity contribution in [2.45, 2.75) is 18.9 Å². The van der Waals surface area contributed by atoms with E-state index in [4.69, 9.17) is 4.74 Å². The molecule has 4 heteroatoms. The average molecular weight is 228 g/mol. The van der Waals surface area contributed by atoms with Gasteiger partial charge in [-0.3, -0.25) is 0 Å². The Morgan fingerprint density at radius 1 is 1.38 bits per heavy atom. The molecule has 1 N–H and O–H groups in total. The molecule has 1 fully saturated rings. The molecule has 1 aliphatic rings. The van der Waals surface area contributed by atoms with E-state index in [-0.39, 0.29) is 11.5 Å². The first-order chi connectivity index (χ1) is 7.68. The van der Waals surface area contributed by atoms with Crippen LogP contribution in [0.5, 0.6) is 0 Å². The van der Waals surface area contributed by atoms with E-state index < -0.39 is 17.7 Å². The van der Waals surface area contributed by atoms with Gasteiger partial charge in [0.1, 0.15) is 11.6 Å². The third-order valence-electron chi connectivity index (χ3n) is 2.92. The Hall–Kier alpha value is -1.00. The van der Waals surface area contributed by atoms with Crippen LogP contribution in [0.3, 0.4) is 0 Å². The molecule has 0 amide bonds. The third kappa shape index (κ3) is 2.39. The zero-order valence-electron chi connectivity index (χ0n) is 8.83. The lowest BCUT2D eigenvalue weighted by Crippen LogP contribution is -2.24. The van der Waals surface area contributed by atoms with E-state index in [0.717, 1.165) is 31.0 Å². The van der Waals surface area contributed by atoms with Gasteiger partial charge < -0.3 is 9.84 Å². The van der Waals surface area contributed by atoms with Crippen molar-refractivity contribution in [3.05, 3.63) is 35.4 Å². The van der Waals surface area contributed by atoms with Crippen LogP contribution in [0.15, 0.2) is 18.2 Å². The minimum absolute atomic E-state index is 0.0236. The number of hydrogen-bond donors (Lipinski definition) is 1. The Morgan fingerprint density at radius 2 is 2.19 bits per heavy atom. The summed E-state index contributed by atoms with van der Waals surface area (Å²) in [5.74, 6) is -1.25. The van der Waals surface area contributed by atoms with E-state index in [9.17, 15) is 13.9 Å². The van der Waals surface area contributed by atoms with E-state index in [2.05, 4.69) is 0 Å². The van der Waals surface area contributed by atoms with Crippen LogP contribution >= 0.6 is 0 Å². The molecule has 0 radical (unpaired) electrons. The van der Waals surface area contributed by atoms with Crippen molar-refractivity contribution in [1.82, 2.24) is 0 Å². The third-order valence-corrected chi connectivity index (χ3v) is 2.92. The van der Waals surface area contributed by atoms with Crippen LogP contribution in [0, 0.1) is 17.6 Å². The van der Waals surface area contributed by atoms with Crippen molar-refractivity contribution in [3.63, 3.8) is 0 Å². The van der Waals surface area contributed by atoms with Crippen molar-refractivity contribution < 1.29 is 18.6 Å². The summed E-state index contributed by atoms with van der Waals surface area (Å²) in [6.07, 6.45) is 0.631. The SMILES string of the molecule is OC(c1cc(F)ccc1F)C1CCCOC1. The predicted octanol–water partition coefficient (Wildman–Crippen LogP) is 2.42. The van der Waals surface area contributed by atoms with E-state index in [0.29, 0.717) is 13.2 Å². The van der Waals surface area contributed by atoms with Crippen LogP contribution in [0.2, 0.25) is 0 Å². The smallest absolute Gasteiger partial charge is 0.129 e. The lowest BCUT2D eigenvalue weighted by molar-refractivity contribution is -0.0113. The van der Waals surface area contributed by atoms with E-state index in [1.807, 2.05) is 0 Å². The molecule has 1 aliphatic heterocycles. The number of ether oxygens (including phenoxy) is 1. The average Bonchev–Trinajstić information content (AvgIpc) is 2.32. The molecular weight excluding hydrogens is 214 g/mol. The number of benzene rings is 1. The number of hydrogen-bond acceptors (Lipinski definition) is 2. The molecule has 88 valence electrons. The molecule has 1 heterocycles. The minimum Gasteiger partial charge on any atom is -0.388 e. The largest absolute Gasteiger partial charge is 0.388 e. The highest BCUT2D eigenvalue weighted by molar-refractivity contribution is 5.21. The summed E-state index contributed by atoms with van der Waals surface area (Å²) in [7, 11) is 0. The standard InChI is InChI=1S/C12H14F2O2/c13-9-3-4-11(14)10(6-9)12(15)8-2-1-5-16-7-8/h3-4,6,8,12,15H,1-2,5,7H2. The van der Waals surface area contributed by atoms with E-state index in [1.54, 1.807) is 0 Å². The fourth-order valence-corrected chi connectivity index (χ4v) is 2.01. The first-order valence-corrected chi connectivity index (χ1v) is 5.39. The van der Waals surface area contributed by atoms with E-state index in [1.165, 1.54) is 0 Å². The maximum absolute atomic E-state index is 13.4. The topological polar surface area (TPSA) is 29.5 Å². The van der Waals surface area contributed by atoms with Gasteiger partial charge in [-0.2, -0.15) is 0 Å². The summed E-state index contributed by atoms with van der Waals surface area (Å²) in [6, 6.07) is 3.13. The van der Waals surface area contributed by atoms with Crippen LogP contribution in [0.25, 0.3) is 0 Å². The van der Waals surface area contributed by atoms with Crippen molar-refractivity contribution in [2.24, 2.45) is 5.92 Å². The predicted molar refractivity (Wildman–Crippen MR) is 54.9 cm³/mol. The van der Waals surface area contributed by atoms with Crippen molar-refractivity contribution in [1.29, 1.82) is 0 Å². The van der Waals surface area contributed by atoms with Crippen molar-refractivity contribution >= 4 is 0 Å². The molecule has 0 saturated carbocycles. The quantitative estimate of drug-likeness (QED) is 0.842. The van der Waals surface area contributed by atoms with Crippen LogP contribution in [-0.4, -0.2) is 18.3 Å². The molecule has 16 heavy (non-hydrogen) atoms. The summed E-state index contributed by atoms with van der Waals surface area (Å²) >= 11 is 0. The van der Waals surface area contributed by atoms with Gasteiger partial charge in [-0.1, -0.05) is 0 Å². The second-order valence-corrected chi connectivity index (χ2v) is 4.09. The normalized spacial score (nSPS) is 23.1. The highest BCUT2D eigenvalue weighted by atomic mass is 19.1. The van der Waals surface area contributed by atoms with Gasteiger partial charge in [-0.15, -0.1) is 0 Å². The van der Waals surface area contributed by atoms with Gasteiger partial charge in [0.25, 0.3) is 0 Å². The Labute approximate surface area is 92.9 Å². The van der Waals surface area contributed by atoms with E-state index >= 15 is 0 Å². The molecule has 0 aliphatic carbocycles. The van der Waals surface area contributed by atoms with Crippen LogP contribution in [0.1, 0.15) is 24.5 Å². The zero-order valence-corrected chi connectivity index (χ0v) is 8.83. The Kier molecular flexibility index (Phi) is 3.51. The molecule has 2 atom stereocenters. The molecule has 1 saturated heterocycles. The zero-order chi connectivity index (χ0) is 11.5. The maximum Gasteiger partial charge on any atom is 0.129 e. The van der Waals surface area contributed by atoms with Gasteiger partial charge in [0.2, 0.25) is 0 Å². The van der Waals surface area contributed by atoms with Crippen LogP contribution in [-0.2, 0) is 4.74 Å².